The Labute approximate surface area is 124 Å². The van der Waals surface area contributed by atoms with Crippen molar-refractivity contribution in [3.8, 4) is 0 Å². The maximum Gasteiger partial charge on any atom is 0.0216 e. The Bertz CT molecular complexity index is 538. The number of rotatable bonds is 3. The van der Waals surface area contributed by atoms with Crippen molar-refractivity contribution in [2.24, 2.45) is 17.3 Å². The molecular weight excluding hydrogens is 240 g/mol. The maximum atomic E-state index is 4.09. The zero-order chi connectivity index (χ0) is 14.9. The van der Waals surface area contributed by atoms with E-state index in [0.29, 0.717) is 11.8 Å². The van der Waals surface area contributed by atoms with E-state index in [9.17, 15) is 0 Å². The Morgan fingerprint density at radius 3 is 2.20 bits per heavy atom. The molecule has 2 aliphatic rings. The van der Waals surface area contributed by atoms with Crippen LogP contribution in [-0.4, -0.2) is 0 Å². The topological polar surface area (TPSA) is 0 Å². The summed E-state index contributed by atoms with van der Waals surface area (Å²) in [4.78, 5) is 0. The second-order valence-electron chi connectivity index (χ2n) is 6.13. The highest BCUT2D eigenvalue weighted by molar-refractivity contribution is 5.57. The zero-order valence-electron chi connectivity index (χ0n) is 13.1. The van der Waals surface area contributed by atoms with Crippen molar-refractivity contribution in [1.29, 1.82) is 0 Å². The quantitative estimate of drug-likeness (QED) is 0.607. The molecule has 2 rings (SSSR count). The molecule has 0 heterocycles. The molecule has 3 atom stereocenters. The molecule has 20 heavy (non-hydrogen) atoms. The van der Waals surface area contributed by atoms with Crippen LogP contribution in [0.25, 0.3) is 0 Å². The molecular formula is C20H26. The van der Waals surface area contributed by atoms with Gasteiger partial charge in [0, 0.05) is 5.41 Å². The van der Waals surface area contributed by atoms with Crippen molar-refractivity contribution in [3.05, 3.63) is 72.4 Å². The summed E-state index contributed by atoms with van der Waals surface area (Å²) >= 11 is 0. The van der Waals surface area contributed by atoms with Gasteiger partial charge in [-0.25, -0.2) is 0 Å². The van der Waals surface area contributed by atoms with Gasteiger partial charge in [0.25, 0.3) is 0 Å². The van der Waals surface area contributed by atoms with Gasteiger partial charge in [0.1, 0.15) is 0 Å². The normalized spacial score (nSPS) is 37.1. The lowest BCUT2D eigenvalue weighted by Gasteiger charge is -2.29. The predicted molar refractivity (Wildman–Crippen MR) is 89.5 cm³/mol. The molecule has 0 aromatic rings. The molecule has 3 unspecified atom stereocenters. The number of hydrogen-bond acceptors (Lipinski definition) is 0. The fourth-order valence-electron chi connectivity index (χ4n) is 4.47. The average Bonchev–Trinajstić information content (AvgIpc) is 2.84. The van der Waals surface area contributed by atoms with Gasteiger partial charge in [-0.05, 0) is 53.9 Å². The van der Waals surface area contributed by atoms with Crippen LogP contribution in [0.4, 0.5) is 0 Å². The molecule has 0 amide bonds. The van der Waals surface area contributed by atoms with Gasteiger partial charge in [0.15, 0.2) is 0 Å². The summed E-state index contributed by atoms with van der Waals surface area (Å²) in [7, 11) is 0. The Balaban J connectivity index is 2.65. The van der Waals surface area contributed by atoms with E-state index < -0.39 is 0 Å². The molecule has 106 valence electrons. The van der Waals surface area contributed by atoms with Gasteiger partial charge in [-0.2, -0.15) is 0 Å². The van der Waals surface area contributed by atoms with Gasteiger partial charge < -0.3 is 0 Å². The average molecular weight is 266 g/mol. The molecule has 0 radical (unpaired) electrons. The molecule has 0 heteroatoms. The minimum atomic E-state index is 0.147. The first-order chi connectivity index (χ1) is 9.55. The molecule has 0 bridgehead atoms. The minimum absolute atomic E-state index is 0.147. The molecule has 1 spiro atoms. The van der Waals surface area contributed by atoms with Crippen LogP contribution < -0.4 is 0 Å². The molecule has 1 saturated carbocycles. The van der Waals surface area contributed by atoms with Crippen molar-refractivity contribution in [2.45, 2.75) is 33.6 Å². The molecule has 0 saturated heterocycles. The van der Waals surface area contributed by atoms with E-state index >= 15 is 0 Å². The molecule has 0 aromatic heterocycles. The van der Waals surface area contributed by atoms with Crippen LogP contribution in [0.15, 0.2) is 72.4 Å². The number of hydrogen-bond donors (Lipinski definition) is 0. The van der Waals surface area contributed by atoms with Gasteiger partial charge in [0.05, 0.1) is 0 Å². The van der Waals surface area contributed by atoms with Gasteiger partial charge in [-0.3, -0.25) is 0 Å². The van der Waals surface area contributed by atoms with Crippen molar-refractivity contribution < 1.29 is 0 Å². The first-order valence-electron chi connectivity index (χ1n) is 7.55. The second-order valence-corrected chi connectivity index (χ2v) is 6.13. The molecule has 0 N–H and O–H groups in total. The Morgan fingerprint density at radius 2 is 1.70 bits per heavy atom. The van der Waals surface area contributed by atoms with Crippen LogP contribution in [0.1, 0.15) is 33.6 Å². The van der Waals surface area contributed by atoms with E-state index in [1.807, 2.05) is 12.2 Å². The Morgan fingerprint density at radius 1 is 1.05 bits per heavy atom. The van der Waals surface area contributed by atoms with E-state index in [0.717, 1.165) is 0 Å². The zero-order valence-corrected chi connectivity index (χ0v) is 13.1. The standard InChI is InChI=1S/C20H26/c1-7-11-17-15(6)13-20(19(17)10-4)12-14(5)16(8-2)18(20)9-3/h7-11,14-15H,1-3,12-13H2,4-6H3/b17-11?,19-10+. The lowest BCUT2D eigenvalue weighted by atomic mass is 9.74. The molecule has 0 aromatic carbocycles. The number of allylic oxidation sites excluding steroid dienone is 9. The van der Waals surface area contributed by atoms with Crippen molar-refractivity contribution >= 4 is 0 Å². The third-order valence-corrected chi connectivity index (χ3v) is 5.03. The lowest BCUT2D eigenvalue weighted by Crippen LogP contribution is -2.18. The summed E-state index contributed by atoms with van der Waals surface area (Å²) in [5, 5.41) is 0. The highest BCUT2D eigenvalue weighted by Crippen LogP contribution is 2.62. The fraction of sp³-hybridized carbons (Fsp3) is 0.400. The van der Waals surface area contributed by atoms with Crippen molar-refractivity contribution in [2.75, 3.05) is 0 Å². The van der Waals surface area contributed by atoms with Gasteiger partial charge in [0.2, 0.25) is 0 Å². The van der Waals surface area contributed by atoms with Crippen LogP contribution >= 0.6 is 0 Å². The largest absolute Gasteiger partial charge is 0.0991 e. The predicted octanol–water partition coefficient (Wildman–Crippen LogP) is 5.78. The van der Waals surface area contributed by atoms with Crippen LogP contribution in [-0.2, 0) is 0 Å². The summed E-state index contributed by atoms with van der Waals surface area (Å²) in [5.41, 5.74) is 5.84. The minimum Gasteiger partial charge on any atom is -0.0991 e. The molecule has 1 fully saturated rings. The van der Waals surface area contributed by atoms with E-state index in [-0.39, 0.29) is 5.41 Å². The second kappa shape index (κ2) is 5.44. The fourth-order valence-corrected chi connectivity index (χ4v) is 4.47. The monoisotopic (exact) mass is 266 g/mol. The van der Waals surface area contributed by atoms with E-state index in [2.05, 4.69) is 58.7 Å². The highest BCUT2D eigenvalue weighted by atomic mass is 14.5. The summed E-state index contributed by atoms with van der Waals surface area (Å²) in [6.45, 7) is 18.8. The summed E-state index contributed by atoms with van der Waals surface area (Å²) in [5.74, 6) is 1.14. The van der Waals surface area contributed by atoms with Crippen molar-refractivity contribution in [1.82, 2.24) is 0 Å². The van der Waals surface area contributed by atoms with Crippen LogP contribution in [0, 0.1) is 17.3 Å². The van der Waals surface area contributed by atoms with E-state index in [1.165, 1.54) is 35.1 Å². The summed E-state index contributed by atoms with van der Waals surface area (Å²) in [6.07, 6.45) is 12.8. The van der Waals surface area contributed by atoms with Gasteiger partial charge in [-0.15, -0.1) is 0 Å². The van der Waals surface area contributed by atoms with Gasteiger partial charge in [-0.1, -0.05) is 64.0 Å². The lowest BCUT2D eigenvalue weighted by molar-refractivity contribution is 0.379. The molecule has 2 aliphatic carbocycles. The third kappa shape index (κ3) is 1.90. The van der Waals surface area contributed by atoms with E-state index in [1.54, 1.807) is 0 Å². The van der Waals surface area contributed by atoms with E-state index in [4.69, 9.17) is 0 Å². The first kappa shape index (κ1) is 14.8. The Hall–Kier alpha value is -1.56. The summed E-state index contributed by atoms with van der Waals surface area (Å²) < 4.78 is 0. The highest BCUT2D eigenvalue weighted by Gasteiger charge is 2.50. The maximum absolute atomic E-state index is 4.09. The van der Waals surface area contributed by atoms with Crippen LogP contribution in [0.2, 0.25) is 0 Å². The SMILES string of the molecule is C=CC=C1/C(=C\C)C2(CC1C)CC(C)C(C=C)=C2C=C. The molecule has 0 aliphatic heterocycles. The van der Waals surface area contributed by atoms with Gasteiger partial charge >= 0.3 is 0 Å². The summed E-state index contributed by atoms with van der Waals surface area (Å²) in [6, 6.07) is 0. The van der Waals surface area contributed by atoms with Crippen molar-refractivity contribution in [3.63, 3.8) is 0 Å². The smallest absolute Gasteiger partial charge is 0.0216 e. The molecule has 0 nitrogen and oxygen atoms in total. The Kier molecular flexibility index (Phi) is 4.04. The third-order valence-electron chi connectivity index (χ3n) is 5.03. The first-order valence-corrected chi connectivity index (χ1v) is 7.55. The van der Waals surface area contributed by atoms with Crippen LogP contribution in [0.5, 0.6) is 0 Å². The van der Waals surface area contributed by atoms with Crippen LogP contribution in [0.3, 0.4) is 0 Å².